The third-order valence-corrected chi connectivity index (χ3v) is 10.7. The van der Waals surface area contributed by atoms with Gasteiger partial charge in [0.1, 0.15) is 24.4 Å². The molecule has 1 saturated heterocycles. The Labute approximate surface area is 371 Å². The van der Waals surface area contributed by atoms with Crippen LogP contribution >= 0.6 is 0 Å². The monoisotopic (exact) mass is 854 g/mol. The number of allylic oxidation sites excluding steroid dienone is 16. The standard InChI is InChI=1S/C52H87NO8/c1-3-5-7-9-11-13-14-15-16-17-18-19-20-21-22-23-24-25-26-27-28-29-30-31-32-34-36-38-40-42-48(56)53-45(46(55)41-39-37-35-33-12-10-8-6-4-2)44-60-52-51(59)50(58)49(57)47(43-54)61-52/h5,7,11,13,15-16,18-19,21-22,24-25,27-28,30-31,45-47,49-52,54-55,57-59H,3-4,6,8-10,12,14,17,20,23,26,29,32-44H2,1-2H3,(H,53,56)/b7-5-,13-11-,16-15-,19-18-,22-21-,25-24-,28-27-,31-30-. The molecule has 0 aromatic rings. The lowest BCUT2D eigenvalue weighted by atomic mass is 9.99. The minimum absolute atomic E-state index is 0.156. The van der Waals surface area contributed by atoms with E-state index in [9.17, 15) is 30.3 Å². The predicted molar refractivity (Wildman–Crippen MR) is 253 cm³/mol. The molecule has 0 aromatic carbocycles. The van der Waals surface area contributed by atoms with Crippen molar-refractivity contribution in [1.29, 1.82) is 0 Å². The van der Waals surface area contributed by atoms with Crippen LogP contribution in [0.2, 0.25) is 0 Å². The molecular formula is C52H87NO8. The zero-order chi connectivity index (χ0) is 44.4. The Morgan fingerprint density at radius 3 is 1.51 bits per heavy atom. The lowest BCUT2D eigenvalue weighted by Crippen LogP contribution is -2.60. The van der Waals surface area contributed by atoms with Gasteiger partial charge in [0.25, 0.3) is 0 Å². The van der Waals surface area contributed by atoms with Gasteiger partial charge in [0.2, 0.25) is 5.91 Å². The summed E-state index contributed by atoms with van der Waals surface area (Å²) >= 11 is 0. The van der Waals surface area contributed by atoms with Crippen molar-refractivity contribution in [3.8, 4) is 0 Å². The zero-order valence-electron chi connectivity index (χ0n) is 38.1. The van der Waals surface area contributed by atoms with Crippen LogP contribution in [0.3, 0.4) is 0 Å². The summed E-state index contributed by atoms with van der Waals surface area (Å²) in [4.78, 5) is 12.9. The van der Waals surface area contributed by atoms with Crippen molar-refractivity contribution in [2.45, 2.75) is 211 Å². The highest BCUT2D eigenvalue weighted by Gasteiger charge is 2.44. The summed E-state index contributed by atoms with van der Waals surface area (Å²) in [5.74, 6) is -0.177. The van der Waals surface area contributed by atoms with E-state index in [0.29, 0.717) is 12.8 Å². The van der Waals surface area contributed by atoms with E-state index >= 15 is 0 Å². The number of amides is 1. The molecule has 0 radical (unpaired) electrons. The van der Waals surface area contributed by atoms with E-state index < -0.39 is 49.5 Å². The van der Waals surface area contributed by atoms with Gasteiger partial charge in [-0.25, -0.2) is 0 Å². The van der Waals surface area contributed by atoms with Gasteiger partial charge >= 0.3 is 0 Å². The van der Waals surface area contributed by atoms with Crippen molar-refractivity contribution < 1.29 is 39.8 Å². The summed E-state index contributed by atoms with van der Waals surface area (Å²) in [6.07, 6.45) is 51.4. The van der Waals surface area contributed by atoms with Crippen molar-refractivity contribution in [3.63, 3.8) is 0 Å². The molecule has 6 N–H and O–H groups in total. The van der Waals surface area contributed by atoms with Crippen molar-refractivity contribution >= 4 is 5.91 Å². The normalized spacial score (nSPS) is 21.3. The Balaban J connectivity index is 2.26. The van der Waals surface area contributed by atoms with Crippen LogP contribution in [0.15, 0.2) is 97.2 Å². The van der Waals surface area contributed by atoms with Crippen LogP contribution in [-0.2, 0) is 14.3 Å². The minimum Gasteiger partial charge on any atom is -0.394 e. The molecule has 1 fully saturated rings. The molecule has 0 bridgehead atoms. The summed E-state index contributed by atoms with van der Waals surface area (Å²) in [5, 5.41) is 54.2. The first kappa shape index (κ1) is 56.1. The molecule has 0 spiro atoms. The Morgan fingerprint density at radius 1 is 0.574 bits per heavy atom. The molecule has 7 unspecified atom stereocenters. The van der Waals surface area contributed by atoms with Crippen LogP contribution in [0.25, 0.3) is 0 Å². The molecule has 1 amide bonds. The zero-order valence-corrected chi connectivity index (χ0v) is 38.1. The van der Waals surface area contributed by atoms with Crippen molar-refractivity contribution in [1.82, 2.24) is 5.32 Å². The van der Waals surface area contributed by atoms with E-state index in [1.54, 1.807) is 0 Å². The Morgan fingerprint density at radius 2 is 1.02 bits per heavy atom. The average Bonchev–Trinajstić information content (AvgIpc) is 3.26. The highest BCUT2D eigenvalue weighted by atomic mass is 16.7. The van der Waals surface area contributed by atoms with Crippen LogP contribution in [0.5, 0.6) is 0 Å². The Hall–Kier alpha value is -2.89. The lowest BCUT2D eigenvalue weighted by Gasteiger charge is -2.40. The first-order chi connectivity index (χ1) is 29.8. The van der Waals surface area contributed by atoms with Gasteiger partial charge in [0, 0.05) is 6.42 Å². The van der Waals surface area contributed by atoms with E-state index in [0.717, 1.165) is 103 Å². The van der Waals surface area contributed by atoms with E-state index in [4.69, 9.17) is 9.47 Å². The first-order valence-corrected chi connectivity index (χ1v) is 23.9. The summed E-state index contributed by atoms with van der Waals surface area (Å²) in [7, 11) is 0. The number of unbranched alkanes of at least 4 members (excludes halogenated alkanes) is 12. The van der Waals surface area contributed by atoms with Crippen LogP contribution in [0.4, 0.5) is 0 Å². The van der Waals surface area contributed by atoms with Gasteiger partial charge < -0.3 is 40.3 Å². The Bertz CT molecular complexity index is 1270. The fraction of sp³-hybridized carbons (Fsp3) is 0.673. The van der Waals surface area contributed by atoms with Gasteiger partial charge in [0.15, 0.2) is 6.29 Å². The predicted octanol–water partition coefficient (Wildman–Crippen LogP) is 10.5. The maximum Gasteiger partial charge on any atom is 0.220 e. The number of carbonyl (C=O) groups is 1. The SMILES string of the molecule is CC/C=C\C/C=C\C/C=C\C/C=C\C/C=C\C/C=C\C/C=C\C/C=C\CCCCCCC(=O)NC(COC1OC(CO)C(O)C(O)C1O)C(O)CCCCCCCCCCC. The fourth-order valence-corrected chi connectivity index (χ4v) is 6.88. The van der Waals surface area contributed by atoms with Crippen LogP contribution < -0.4 is 5.32 Å². The maximum absolute atomic E-state index is 12.9. The molecule has 7 atom stereocenters. The van der Waals surface area contributed by atoms with Gasteiger partial charge in [0.05, 0.1) is 25.4 Å². The molecular weight excluding hydrogens is 767 g/mol. The number of carbonyl (C=O) groups excluding carboxylic acids is 1. The van der Waals surface area contributed by atoms with Gasteiger partial charge in [-0.2, -0.15) is 0 Å². The van der Waals surface area contributed by atoms with Crippen LogP contribution in [0.1, 0.15) is 168 Å². The molecule has 9 nitrogen and oxygen atoms in total. The molecule has 0 aliphatic carbocycles. The van der Waals surface area contributed by atoms with Crippen molar-refractivity contribution in [2.75, 3.05) is 13.2 Å². The first-order valence-electron chi connectivity index (χ1n) is 23.9. The second-order valence-corrected chi connectivity index (χ2v) is 16.2. The smallest absolute Gasteiger partial charge is 0.220 e. The van der Waals surface area contributed by atoms with Gasteiger partial charge in [-0.1, -0.05) is 182 Å². The number of hydrogen-bond acceptors (Lipinski definition) is 8. The summed E-state index contributed by atoms with van der Waals surface area (Å²) in [6.45, 7) is 3.65. The topological polar surface area (TPSA) is 149 Å². The maximum atomic E-state index is 12.9. The van der Waals surface area contributed by atoms with E-state index in [2.05, 4.69) is 116 Å². The van der Waals surface area contributed by atoms with Crippen LogP contribution in [-0.4, -0.2) is 87.5 Å². The highest BCUT2D eigenvalue weighted by molar-refractivity contribution is 5.76. The fourth-order valence-electron chi connectivity index (χ4n) is 6.88. The van der Waals surface area contributed by atoms with E-state index in [1.807, 2.05) is 0 Å². The summed E-state index contributed by atoms with van der Waals surface area (Å²) < 4.78 is 11.2. The number of hydrogen-bond donors (Lipinski definition) is 6. The van der Waals surface area contributed by atoms with Gasteiger partial charge in [-0.3, -0.25) is 4.79 Å². The molecule has 0 aromatic heterocycles. The minimum atomic E-state index is -1.56. The summed E-state index contributed by atoms with van der Waals surface area (Å²) in [5.41, 5.74) is 0. The molecule has 1 heterocycles. The van der Waals surface area contributed by atoms with Crippen LogP contribution in [0, 0.1) is 0 Å². The Kier molecular flexibility index (Phi) is 37.9. The van der Waals surface area contributed by atoms with E-state index in [1.165, 1.54) is 38.5 Å². The molecule has 1 aliphatic rings. The van der Waals surface area contributed by atoms with Crippen molar-refractivity contribution in [2.24, 2.45) is 0 Å². The molecule has 9 heteroatoms. The lowest BCUT2D eigenvalue weighted by molar-refractivity contribution is -0.302. The average molecular weight is 854 g/mol. The number of aliphatic hydroxyl groups excluding tert-OH is 5. The third-order valence-electron chi connectivity index (χ3n) is 10.7. The number of rotatable bonds is 38. The molecule has 1 aliphatic heterocycles. The molecule has 348 valence electrons. The quantitative estimate of drug-likeness (QED) is 0.0266. The third kappa shape index (κ3) is 31.6. The van der Waals surface area contributed by atoms with E-state index in [-0.39, 0.29) is 12.5 Å². The largest absolute Gasteiger partial charge is 0.394 e. The molecule has 61 heavy (non-hydrogen) atoms. The van der Waals surface area contributed by atoms with Crippen molar-refractivity contribution in [3.05, 3.63) is 97.2 Å². The van der Waals surface area contributed by atoms with Gasteiger partial charge in [-0.15, -0.1) is 0 Å². The number of aliphatic hydroxyl groups is 5. The second-order valence-electron chi connectivity index (χ2n) is 16.2. The second kappa shape index (κ2) is 41.1. The molecule has 0 saturated carbocycles. The highest BCUT2D eigenvalue weighted by Crippen LogP contribution is 2.23. The number of ether oxygens (including phenoxy) is 2. The van der Waals surface area contributed by atoms with Gasteiger partial charge in [-0.05, 0) is 77.0 Å². The molecule has 1 rings (SSSR count). The number of nitrogens with one attached hydrogen (secondary N) is 1. The summed E-state index contributed by atoms with van der Waals surface area (Å²) in [6, 6.07) is -0.737.